The van der Waals surface area contributed by atoms with Crippen LogP contribution in [0.25, 0.3) is 27.9 Å². The van der Waals surface area contributed by atoms with Gasteiger partial charge in [0, 0.05) is 29.6 Å². The molecule has 2 N–H and O–H groups in total. The van der Waals surface area contributed by atoms with Crippen molar-refractivity contribution in [2.24, 2.45) is 0 Å². The highest BCUT2D eigenvalue weighted by atomic mass is 79.9. The fourth-order valence-electron chi connectivity index (χ4n) is 2.13. The minimum Gasteiger partial charge on any atom is -0.463 e. The van der Waals surface area contributed by atoms with E-state index in [1.54, 1.807) is 29.4 Å². The van der Waals surface area contributed by atoms with Gasteiger partial charge in [0.25, 0.3) is 0 Å². The molecule has 0 saturated carbocycles. The highest BCUT2D eigenvalue weighted by Crippen LogP contribution is 2.28. The molecule has 4 heterocycles. The number of anilines is 1. The molecule has 0 unspecified atom stereocenters. The third-order valence-electron chi connectivity index (χ3n) is 3.13. The smallest absolute Gasteiger partial charge is 0.165 e. The van der Waals surface area contributed by atoms with Crippen LogP contribution in [0.1, 0.15) is 0 Å². The molecular formula is C13H8BrN5O. The number of nitrogen functional groups attached to an aromatic ring is 1. The molecule has 0 bridgehead atoms. The predicted molar refractivity (Wildman–Crippen MR) is 78.1 cm³/mol. The normalized spacial score (nSPS) is 11.4. The maximum Gasteiger partial charge on any atom is 0.165 e. The Labute approximate surface area is 121 Å². The second-order valence-electron chi connectivity index (χ2n) is 4.31. The topological polar surface area (TPSA) is 82.2 Å². The Bertz CT molecular complexity index is 942. The molecular weight excluding hydrogens is 322 g/mol. The number of aromatic nitrogens is 4. The molecule has 98 valence electrons. The Kier molecular flexibility index (Phi) is 2.31. The zero-order valence-electron chi connectivity index (χ0n) is 10.1. The van der Waals surface area contributed by atoms with Crippen LogP contribution in [0, 0.1) is 0 Å². The molecule has 0 saturated heterocycles. The van der Waals surface area contributed by atoms with Gasteiger partial charge < -0.3 is 10.2 Å². The maximum atomic E-state index is 5.96. The van der Waals surface area contributed by atoms with E-state index in [-0.39, 0.29) is 0 Å². The molecule has 0 aliphatic heterocycles. The summed E-state index contributed by atoms with van der Waals surface area (Å²) in [7, 11) is 0. The third-order valence-corrected chi connectivity index (χ3v) is 3.74. The van der Waals surface area contributed by atoms with Crippen LogP contribution >= 0.6 is 15.9 Å². The molecule has 0 amide bonds. The van der Waals surface area contributed by atoms with Crippen molar-refractivity contribution in [1.29, 1.82) is 0 Å². The first kappa shape index (κ1) is 11.4. The van der Waals surface area contributed by atoms with Crippen LogP contribution in [-0.4, -0.2) is 19.6 Å². The molecule has 0 atom stereocenters. The van der Waals surface area contributed by atoms with Gasteiger partial charge in [0.15, 0.2) is 11.2 Å². The fourth-order valence-corrected chi connectivity index (χ4v) is 2.40. The van der Waals surface area contributed by atoms with Crippen molar-refractivity contribution in [1.82, 2.24) is 19.6 Å². The Morgan fingerprint density at radius 3 is 3.00 bits per heavy atom. The summed E-state index contributed by atoms with van der Waals surface area (Å²) < 4.78 is 7.67. The van der Waals surface area contributed by atoms with Crippen LogP contribution in [0.15, 0.2) is 45.9 Å². The van der Waals surface area contributed by atoms with E-state index in [0.717, 1.165) is 22.2 Å². The number of nitrogens with zero attached hydrogens (tertiary/aromatic N) is 4. The fraction of sp³-hybridized carbons (Fsp3) is 0. The van der Waals surface area contributed by atoms with Gasteiger partial charge in [-0.25, -0.2) is 4.98 Å². The lowest BCUT2D eigenvalue weighted by atomic mass is 10.1. The molecule has 0 aromatic carbocycles. The van der Waals surface area contributed by atoms with Crippen molar-refractivity contribution >= 4 is 38.5 Å². The quantitative estimate of drug-likeness (QED) is 0.580. The van der Waals surface area contributed by atoms with Crippen LogP contribution < -0.4 is 5.73 Å². The number of furan rings is 1. The minimum absolute atomic E-state index is 0.508. The lowest BCUT2D eigenvalue weighted by molar-refractivity contribution is 0.615. The van der Waals surface area contributed by atoms with Crippen molar-refractivity contribution in [3.05, 3.63) is 41.5 Å². The molecule has 6 nitrogen and oxygen atoms in total. The first-order chi connectivity index (χ1) is 9.74. The molecule has 4 aromatic heterocycles. The molecule has 4 aromatic rings. The first-order valence-electron chi connectivity index (χ1n) is 5.85. The van der Waals surface area contributed by atoms with Gasteiger partial charge in [-0.05, 0) is 22.0 Å². The first-order valence-corrected chi connectivity index (χ1v) is 6.64. The highest BCUT2D eigenvalue weighted by Gasteiger charge is 2.12. The van der Waals surface area contributed by atoms with Gasteiger partial charge in [0.1, 0.15) is 11.3 Å². The van der Waals surface area contributed by atoms with Crippen LogP contribution in [0.3, 0.4) is 0 Å². The summed E-state index contributed by atoms with van der Waals surface area (Å²) in [6.45, 7) is 0. The largest absolute Gasteiger partial charge is 0.463 e. The van der Waals surface area contributed by atoms with Crippen LogP contribution in [0.4, 0.5) is 5.82 Å². The summed E-state index contributed by atoms with van der Waals surface area (Å²) in [6.07, 6.45) is 6.77. The molecule has 20 heavy (non-hydrogen) atoms. The Hall–Kier alpha value is -2.41. The van der Waals surface area contributed by atoms with Crippen molar-refractivity contribution in [3.8, 4) is 11.1 Å². The molecule has 4 rings (SSSR count). The maximum absolute atomic E-state index is 5.96. The lowest BCUT2D eigenvalue weighted by Crippen LogP contribution is -2.00. The van der Waals surface area contributed by atoms with Crippen molar-refractivity contribution in [3.63, 3.8) is 0 Å². The van der Waals surface area contributed by atoms with Crippen molar-refractivity contribution in [2.75, 3.05) is 5.73 Å². The van der Waals surface area contributed by atoms with Gasteiger partial charge in [0.2, 0.25) is 0 Å². The average molecular weight is 330 g/mol. The van der Waals surface area contributed by atoms with Gasteiger partial charge in [-0.1, -0.05) is 0 Å². The van der Waals surface area contributed by atoms with E-state index >= 15 is 0 Å². The molecule has 7 heteroatoms. The van der Waals surface area contributed by atoms with Gasteiger partial charge in [-0.2, -0.15) is 9.61 Å². The molecule has 0 spiro atoms. The van der Waals surface area contributed by atoms with Gasteiger partial charge in [0.05, 0.1) is 16.9 Å². The molecule has 0 fully saturated rings. The van der Waals surface area contributed by atoms with E-state index in [2.05, 4.69) is 31.0 Å². The summed E-state index contributed by atoms with van der Waals surface area (Å²) in [5.74, 6) is 0.508. The Morgan fingerprint density at radius 1 is 1.20 bits per heavy atom. The van der Waals surface area contributed by atoms with Gasteiger partial charge in [-0.15, -0.1) is 0 Å². The average Bonchev–Trinajstić information content (AvgIpc) is 3.08. The number of nitrogens with two attached hydrogens (primary N) is 1. The molecule has 0 aliphatic rings. The van der Waals surface area contributed by atoms with Crippen LogP contribution in [0.2, 0.25) is 0 Å². The number of fused-ring (bicyclic) bond motifs is 2. The second-order valence-corrected chi connectivity index (χ2v) is 5.17. The zero-order valence-corrected chi connectivity index (χ0v) is 11.7. The summed E-state index contributed by atoms with van der Waals surface area (Å²) in [6, 6.07) is 3.74. The van der Waals surface area contributed by atoms with E-state index in [9.17, 15) is 0 Å². The van der Waals surface area contributed by atoms with Crippen LogP contribution in [-0.2, 0) is 0 Å². The zero-order chi connectivity index (χ0) is 13.7. The second kappa shape index (κ2) is 4.04. The van der Waals surface area contributed by atoms with E-state index < -0.39 is 0 Å². The minimum atomic E-state index is 0.508. The van der Waals surface area contributed by atoms with E-state index in [0.29, 0.717) is 15.9 Å². The van der Waals surface area contributed by atoms with Crippen molar-refractivity contribution < 1.29 is 4.42 Å². The molecule has 0 radical (unpaired) electrons. The summed E-state index contributed by atoms with van der Waals surface area (Å²) in [5, 5.41) is 4.26. The third kappa shape index (κ3) is 1.53. The number of pyridine rings is 1. The van der Waals surface area contributed by atoms with Crippen molar-refractivity contribution in [2.45, 2.75) is 0 Å². The Balaban J connectivity index is 1.99. The van der Waals surface area contributed by atoms with E-state index in [4.69, 9.17) is 10.2 Å². The highest BCUT2D eigenvalue weighted by molar-refractivity contribution is 9.10. The number of halogens is 1. The van der Waals surface area contributed by atoms with E-state index in [1.807, 2.05) is 12.1 Å². The standard InChI is InChI=1S/C13H8BrN5O/c14-9-6-17-13-8(5-18-19(13)12(9)15)7-3-11-10(16-4-7)1-2-20-11/h1-6H,15H2. The number of hydrogen-bond donors (Lipinski definition) is 1. The summed E-state index contributed by atoms with van der Waals surface area (Å²) >= 11 is 3.33. The SMILES string of the molecule is Nc1c(Br)cnc2c(-c3cnc4ccoc4c3)cnn12. The number of hydrogen-bond acceptors (Lipinski definition) is 5. The van der Waals surface area contributed by atoms with E-state index in [1.165, 1.54) is 0 Å². The van der Waals surface area contributed by atoms with Gasteiger partial charge >= 0.3 is 0 Å². The summed E-state index contributed by atoms with van der Waals surface area (Å²) in [5.41, 5.74) is 9.93. The summed E-state index contributed by atoms with van der Waals surface area (Å²) in [4.78, 5) is 8.71. The monoisotopic (exact) mass is 329 g/mol. The van der Waals surface area contributed by atoms with Gasteiger partial charge in [-0.3, -0.25) is 4.98 Å². The molecule has 0 aliphatic carbocycles. The van der Waals surface area contributed by atoms with Crippen LogP contribution in [0.5, 0.6) is 0 Å². The Morgan fingerprint density at radius 2 is 2.10 bits per heavy atom. The lowest BCUT2D eigenvalue weighted by Gasteiger charge is -2.02. The number of rotatable bonds is 1. The predicted octanol–water partition coefficient (Wildman–Crippen LogP) is 2.88.